The van der Waals surface area contributed by atoms with Gasteiger partial charge in [-0.2, -0.15) is 0 Å². The van der Waals surface area contributed by atoms with Crippen LogP contribution in [0.3, 0.4) is 0 Å². The molecule has 0 bridgehead atoms. The van der Waals surface area contributed by atoms with Crippen LogP contribution in [0.25, 0.3) is 89.2 Å². The lowest BCUT2D eigenvalue weighted by Gasteiger charge is -2.34. The van der Waals surface area contributed by atoms with Crippen LogP contribution in [0.15, 0.2) is 223 Å². The number of benzene rings is 9. The Bertz CT molecular complexity index is 3640. The topological polar surface area (TPSA) is 38.9 Å². The van der Waals surface area contributed by atoms with Crippen molar-refractivity contribution < 1.29 is 4.42 Å². The summed E-state index contributed by atoms with van der Waals surface area (Å²) in [4.78, 5) is 11.0. The molecular weight excluding hydrogens is 789 g/mol. The predicted molar refractivity (Wildman–Crippen MR) is 266 cm³/mol. The minimum Gasteiger partial charge on any atom is -0.456 e. The van der Waals surface area contributed by atoms with Crippen LogP contribution in [0, 0.1) is 0 Å². The van der Waals surface area contributed by atoms with Gasteiger partial charge in [0.05, 0.1) is 16.8 Å². The molecular formula is C62H42N2O. The quantitative estimate of drug-likeness (QED) is 0.168. The third-order valence-electron chi connectivity index (χ3n) is 14.2. The maximum Gasteiger partial charge on any atom is 0.160 e. The average Bonchev–Trinajstić information content (AvgIpc) is 3.97. The second-order valence-corrected chi connectivity index (χ2v) is 18.0. The molecule has 0 aliphatic heterocycles. The molecule has 2 aliphatic carbocycles. The molecule has 2 aliphatic rings. The molecule has 9 aromatic carbocycles. The van der Waals surface area contributed by atoms with Gasteiger partial charge in [-0.3, -0.25) is 0 Å². The Morgan fingerprint density at radius 1 is 0.354 bits per heavy atom. The summed E-state index contributed by atoms with van der Waals surface area (Å²) in [5.41, 5.74) is 20.7. The third kappa shape index (κ3) is 5.55. The summed E-state index contributed by atoms with van der Waals surface area (Å²) in [6.45, 7) is 4.66. The highest BCUT2D eigenvalue weighted by Crippen LogP contribution is 2.57. The van der Waals surface area contributed by atoms with E-state index in [2.05, 4.69) is 220 Å². The van der Waals surface area contributed by atoms with Crippen LogP contribution in [-0.2, 0) is 10.8 Å². The molecule has 3 nitrogen and oxygen atoms in total. The summed E-state index contributed by atoms with van der Waals surface area (Å²) >= 11 is 0. The van der Waals surface area contributed by atoms with Crippen molar-refractivity contribution in [2.24, 2.45) is 0 Å². The largest absolute Gasteiger partial charge is 0.456 e. The van der Waals surface area contributed by atoms with E-state index in [1.165, 1.54) is 55.6 Å². The lowest BCUT2D eigenvalue weighted by Crippen LogP contribution is -2.28. The average molecular weight is 831 g/mol. The molecule has 0 saturated heterocycles. The van der Waals surface area contributed by atoms with Gasteiger partial charge in [0.25, 0.3) is 0 Å². The SMILES string of the molecule is CC1(C)c2ccccc2-c2cccc(-c3nc(-c4ccc(-c5ccc6c(c5)oc5ccccc56)cc4)cc(-c4ccc5c(c4)C(c4ccccc4)(c4ccccc4)c4ccccc4-5)n3)c21. The maximum atomic E-state index is 6.28. The molecule has 11 aromatic rings. The molecule has 0 saturated carbocycles. The highest BCUT2D eigenvalue weighted by molar-refractivity contribution is 6.06. The van der Waals surface area contributed by atoms with E-state index in [0.717, 1.165) is 67.0 Å². The number of nitrogens with zero attached hydrogens (tertiary/aromatic N) is 2. The number of aromatic nitrogens is 2. The lowest BCUT2D eigenvalue weighted by atomic mass is 9.67. The van der Waals surface area contributed by atoms with Crippen LogP contribution < -0.4 is 0 Å². The molecule has 0 fully saturated rings. The number of fused-ring (bicyclic) bond motifs is 9. The monoisotopic (exact) mass is 830 g/mol. The molecule has 0 unspecified atom stereocenters. The van der Waals surface area contributed by atoms with E-state index in [4.69, 9.17) is 14.4 Å². The van der Waals surface area contributed by atoms with Gasteiger partial charge in [-0.1, -0.05) is 202 Å². The fourth-order valence-electron chi connectivity index (χ4n) is 11.2. The molecule has 0 radical (unpaired) electrons. The third-order valence-corrected chi connectivity index (χ3v) is 14.2. The van der Waals surface area contributed by atoms with E-state index in [0.29, 0.717) is 0 Å². The Balaban J connectivity index is 1.00. The second-order valence-electron chi connectivity index (χ2n) is 18.0. The number of hydrogen-bond donors (Lipinski definition) is 0. The Morgan fingerprint density at radius 2 is 0.892 bits per heavy atom. The molecule has 3 heteroatoms. The van der Waals surface area contributed by atoms with Gasteiger partial charge in [0.2, 0.25) is 0 Å². The van der Waals surface area contributed by atoms with E-state index >= 15 is 0 Å². The molecule has 13 rings (SSSR count). The summed E-state index contributed by atoms with van der Waals surface area (Å²) in [6, 6.07) is 79.0. The Kier molecular flexibility index (Phi) is 8.17. The summed E-state index contributed by atoms with van der Waals surface area (Å²) in [5.74, 6) is 0.718. The first-order chi connectivity index (χ1) is 32.0. The van der Waals surface area contributed by atoms with Crippen molar-refractivity contribution in [3.05, 3.63) is 252 Å². The summed E-state index contributed by atoms with van der Waals surface area (Å²) in [7, 11) is 0. The Morgan fingerprint density at radius 3 is 1.65 bits per heavy atom. The Hall–Kier alpha value is -8.14. The van der Waals surface area contributed by atoms with Gasteiger partial charge < -0.3 is 4.42 Å². The highest BCUT2D eigenvalue weighted by atomic mass is 16.3. The smallest absolute Gasteiger partial charge is 0.160 e. The van der Waals surface area contributed by atoms with E-state index in [9.17, 15) is 0 Å². The zero-order valence-electron chi connectivity index (χ0n) is 36.1. The molecule has 0 N–H and O–H groups in total. The summed E-state index contributed by atoms with van der Waals surface area (Å²) in [5, 5.41) is 2.26. The van der Waals surface area contributed by atoms with Gasteiger partial charge in [0.1, 0.15) is 11.2 Å². The molecule has 0 amide bonds. The van der Waals surface area contributed by atoms with Crippen molar-refractivity contribution >= 4 is 21.9 Å². The molecule has 65 heavy (non-hydrogen) atoms. The summed E-state index contributed by atoms with van der Waals surface area (Å²) < 4.78 is 6.28. The number of para-hydroxylation sites is 1. The van der Waals surface area contributed by atoms with E-state index < -0.39 is 5.41 Å². The van der Waals surface area contributed by atoms with Gasteiger partial charge in [0, 0.05) is 32.9 Å². The van der Waals surface area contributed by atoms with Crippen molar-refractivity contribution in [1.29, 1.82) is 0 Å². The first-order valence-electron chi connectivity index (χ1n) is 22.5. The fourth-order valence-corrected chi connectivity index (χ4v) is 11.2. The molecule has 0 spiro atoms. The zero-order chi connectivity index (χ0) is 43.3. The fraction of sp³-hybridized carbons (Fsp3) is 0.0645. The minimum absolute atomic E-state index is 0.241. The highest BCUT2D eigenvalue weighted by Gasteiger charge is 2.46. The van der Waals surface area contributed by atoms with E-state index in [1.807, 2.05) is 12.1 Å². The van der Waals surface area contributed by atoms with Crippen molar-refractivity contribution in [1.82, 2.24) is 9.97 Å². The van der Waals surface area contributed by atoms with Crippen molar-refractivity contribution in [3.8, 4) is 67.3 Å². The van der Waals surface area contributed by atoms with Crippen molar-refractivity contribution in [2.45, 2.75) is 24.7 Å². The first kappa shape index (κ1) is 37.4. The van der Waals surface area contributed by atoms with Gasteiger partial charge in [0.15, 0.2) is 5.82 Å². The number of hydrogen-bond acceptors (Lipinski definition) is 3. The van der Waals surface area contributed by atoms with Gasteiger partial charge in [-0.25, -0.2) is 9.97 Å². The minimum atomic E-state index is -0.527. The normalized spacial score (nSPS) is 13.9. The van der Waals surface area contributed by atoms with Crippen LogP contribution in [0.5, 0.6) is 0 Å². The summed E-state index contributed by atoms with van der Waals surface area (Å²) in [6.07, 6.45) is 0. The van der Waals surface area contributed by atoms with Crippen LogP contribution in [0.4, 0.5) is 0 Å². The first-order valence-corrected chi connectivity index (χ1v) is 22.5. The van der Waals surface area contributed by atoms with Crippen LogP contribution in [-0.4, -0.2) is 9.97 Å². The van der Waals surface area contributed by atoms with E-state index in [1.54, 1.807) is 0 Å². The van der Waals surface area contributed by atoms with Gasteiger partial charge >= 0.3 is 0 Å². The Labute approximate surface area is 378 Å². The molecule has 2 heterocycles. The van der Waals surface area contributed by atoms with Gasteiger partial charge in [-0.15, -0.1) is 0 Å². The predicted octanol–water partition coefficient (Wildman–Crippen LogP) is 15.7. The molecule has 2 aromatic heterocycles. The van der Waals surface area contributed by atoms with Crippen molar-refractivity contribution in [2.75, 3.05) is 0 Å². The zero-order valence-corrected chi connectivity index (χ0v) is 36.1. The van der Waals surface area contributed by atoms with E-state index in [-0.39, 0.29) is 5.41 Å². The van der Waals surface area contributed by atoms with Crippen LogP contribution in [0.2, 0.25) is 0 Å². The number of furan rings is 1. The standard InChI is InChI=1S/C62H42N2O/c1-61(2)52-25-12-9-21-46(52)50-23-15-24-51(59(50)61)60-63-55(40-30-28-39(29-31-40)41-32-35-49-48-22-11-14-27-57(48)65-58(49)37-41)38-56(64-60)42-33-34-47-45-20-10-13-26-53(45)62(54(47)36-42,43-16-5-3-6-17-43)44-18-7-4-8-19-44/h3-38H,1-2H3. The van der Waals surface area contributed by atoms with Crippen molar-refractivity contribution in [3.63, 3.8) is 0 Å². The van der Waals surface area contributed by atoms with Gasteiger partial charge in [-0.05, 0) is 97.1 Å². The maximum absolute atomic E-state index is 6.28. The van der Waals surface area contributed by atoms with Crippen LogP contribution >= 0.6 is 0 Å². The molecule has 0 atom stereocenters. The van der Waals surface area contributed by atoms with Crippen LogP contribution in [0.1, 0.15) is 47.2 Å². The second kappa shape index (κ2) is 14.2. The number of rotatable bonds is 6. The molecule has 306 valence electrons. The lowest BCUT2D eigenvalue weighted by molar-refractivity contribution is 0.661.